The smallest absolute Gasteiger partial charge is 0.338 e. The first-order valence-electron chi connectivity index (χ1n) is 19.1. The van der Waals surface area contributed by atoms with Gasteiger partial charge >= 0.3 is 5.97 Å². The SMILES string of the molecule is C=C(C)C(=O)N1C(=O)c2ccc(C(=O)OCCCCCCCCCCC[C@@H](CCCCCC)C(C)CCCCCCCC)cc2C1=O. The highest BCUT2D eigenvalue weighted by Crippen LogP contribution is 2.30. The van der Waals surface area contributed by atoms with Crippen LogP contribution in [0.15, 0.2) is 30.4 Å². The highest BCUT2D eigenvalue weighted by molar-refractivity contribution is 6.31. The number of benzene rings is 1. The van der Waals surface area contributed by atoms with Gasteiger partial charge in [0, 0.05) is 5.57 Å². The highest BCUT2D eigenvalue weighted by atomic mass is 16.5. The fraction of sp³-hybridized carbons (Fsp3) is 0.707. The van der Waals surface area contributed by atoms with Gasteiger partial charge in [0.25, 0.3) is 17.7 Å². The predicted molar refractivity (Wildman–Crippen MR) is 193 cm³/mol. The molecule has 264 valence electrons. The second-order valence-electron chi connectivity index (χ2n) is 14.0. The van der Waals surface area contributed by atoms with E-state index in [1.807, 2.05) is 0 Å². The van der Waals surface area contributed by atoms with Gasteiger partial charge in [0.2, 0.25) is 0 Å². The van der Waals surface area contributed by atoms with Gasteiger partial charge in [-0.2, -0.15) is 0 Å². The van der Waals surface area contributed by atoms with E-state index in [0.717, 1.165) is 31.1 Å². The molecule has 6 nitrogen and oxygen atoms in total. The van der Waals surface area contributed by atoms with Gasteiger partial charge in [0.1, 0.15) is 0 Å². The lowest BCUT2D eigenvalue weighted by atomic mass is 9.82. The maximum Gasteiger partial charge on any atom is 0.338 e. The van der Waals surface area contributed by atoms with Crippen LogP contribution in [0.3, 0.4) is 0 Å². The molecule has 1 aromatic carbocycles. The average molecular weight is 652 g/mol. The van der Waals surface area contributed by atoms with Crippen LogP contribution < -0.4 is 0 Å². The monoisotopic (exact) mass is 651 g/mol. The molecule has 6 heteroatoms. The molecule has 0 bridgehead atoms. The van der Waals surface area contributed by atoms with Crippen LogP contribution in [0.2, 0.25) is 0 Å². The van der Waals surface area contributed by atoms with Crippen molar-refractivity contribution in [2.75, 3.05) is 6.61 Å². The lowest BCUT2D eigenvalue weighted by Gasteiger charge is -2.24. The fourth-order valence-electron chi connectivity index (χ4n) is 6.77. The number of ether oxygens (including phenoxy) is 1. The Kier molecular flexibility index (Phi) is 20.2. The molecular weight excluding hydrogens is 586 g/mol. The molecule has 47 heavy (non-hydrogen) atoms. The number of fused-ring (bicyclic) bond motifs is 1. The summed E-state index contributed by atoms with van der Waals surface area (Å²) in [5, 5.41) is 0. The van der Waals surface area contributed by atoms with Crippen LogP contribution in [-0.4, -0.2) is 35.2 Å². The van der Waals surface area contributed by atoms with Crippen LogP contribution >= 0.6 is 0 Å². The topological polar surface area (TPSA) is 80.8 Å². The van der Waals surface area contributed by atoms with Gasteiger partial charge in [-0.05, 0) is 43.4 Å². The number of imide groups is 3. The number of carbonyl (C=O) groups is 4. The zero-order valence-electron chi connectivity index (χ0n) is 30.3. The summed E-state index contributed by atoms with van der Waals surface area (Å²) in [5.74, 6) is -0.908. The average Bonchev–Trinajstić information content (AvgIpc) is 3.31. The number of carbonyl (C=O) groups excluding carboxylic acids is 4. The van der Waals surface area contributed by atoms with Crippen LogP contribution in [0, 0.1) is 11.8 Å². The van der Waals surface area contributed by atoms with Crippen LogP contribution in [0.4, 0.5) is 0 Å². The third-order valence-electron chi connectivity index (χ3n) is 9.89. The van der Waals surface area contributed by atoms with Gasteiger partial charge in [0.05, 0.1) is 23.3 Å². The van der Waals surface area contributed by atoms with E-state index >= 15 is 0 Å². The van der Waals surface area contributed by atoms with Gasteiger partial charge < -0.3 is 4.74 Å². The van der Waals surface area contributed by atoms with Gasteiger partial charge in [-0.1, -0.05) is 162 Å². The van der Waals surface area contributed by atoms with Crippen LogP contribution in [0.5, 0.6) is 0 Å². The number of rotatable bonds is 27. The van der Waals surface area contributed by atoms with Crippen LogP contribution in [0.1, 0.15) is 200 Å². The number of nitrogens with zero attached hydrogens (tertiary/aromatic N) is 1. The van der Waals surface area contributed by atoms with Crippen molar-refractivity contribution in [1.29, 1.82) is 0 Å². The summed E-state index contributed by atoms with van der Waals surface area (Å²) in [7, 11) is 0. The molecule has 1 aliphatic heterocycles. The van der Waals surface area contributed by atoms with Gasteiger partial charge in [-0.15, -0.1) is 0 Å². The number of hydrogen-bond donors (Lipinski definition) is 0. The molecule has 1 aromatic rings. The van der Waals surface area contributed by atoms with E-state index in [4.69, 9.17) is 4.74 Å². The number of esters is 1. The van der Waals surface area contributed by atoms with Crippen molar-refractivity contribution in [2.24, 2.45) is 11.8 Å². The molecule has 1 heterocycles. The fourth-order valence-corrected chi connectivity index (χ4v) is 6.77. The predicted octanol–water partition coefficient (Wildman–Crippen LogP) is 11.4. The molecule has 0 aromatic heterocycles. The van der Waals surface area contributed by atoms with Gasteiger partial charge in [0.15, 0.2) is 0 Å². The summed E-state index contributed by atoms with van der Waals surface area (Å²) in [6, 6.07) is 4.21. The molecule has 1 unspecified atom stereocenters. The van der Waals surface area contributed by atoms with Crippen LogP contribution in [-0.2, 0) is 9.53 Å². The molecule has 0 N–H and O–H groups in total. The third kappa shape index (κ3) is 14.5. The Balaban J connectivity index is 1.56. The first kappa shape index (κ1) is 40.4. The van der Waals surface area contributed by atoms with Crippen molar-refractivity contribution in [3.8, 4) is 0 Å². The Hall–Kier alpha value is -2.76. The van der Waals surface area contributed by atoms with Crippen molar-refractivity contribution in [3.05, 3.63) is 47.0 Å². The van der Waals surface area contributed by atoms with Gasteiger partial charge in [-0.25, -0.2) is 9.69 Å². The zero-order valence-corrected chi connectivity index (χ0v) is 30.3. The van der Waals surface area contributed by atoms with E-state index in [2.05, 4.69) is 27.4 Å². The number of hydrogen-bond acceptors (Lipinski definition) is 5. The van der Waals surface area contributed by atoms with E-state index in [-0.39, 0.29) is 22.3 Å². The molecule has 1 aliphatic rings. The van der Waals surface area contributed by atoms with Crippen molar-refractivity contribution in [1.82, 2.24) is 4.90 Å². The summed E-state index contributed by atoms with van der Waals surface area (Å²) in [4.78, 5) is 50.5. The minimum absolute atomic E-state index is 0.0410. The van der Waals surface area contributed by atoms with Crippen LogP contribution in [0.25, 0.3) is 0 Å². The summed E-state index contributed by atoms with van der Waals surface area (Å²) >= 11 is 0. The van der Waals surface area contributed by atoms with E-state index in [1.54, 1.807) is 0 Å². The highest BCUT2D eigenvalue weighted by Gasteiger charge is 2.40. The Bertz CT molecular complexity index is 1120. The van der Waals surface area contributed by atoms with E-state index < -0.39 is 23.7 Å². The Labute approximate surface area is 286 Å². The maximum atomic E-state index is 12.6. The van der Waals surface area contributed by atoms with Crippen molar-refractivity contribution in [2.45, 2.75) is 169 Å². The normalized spacial score (nSPS) is 13.9. The minimum atomic E-state index is -0.735. The molecule has 3 amide bonds. The second kappa shape index (κ2) is 23.5. The number of unbranched alkanes of at least 4 members (excludes halogenated alkanes) is 16. The van der Waals surface area contributed by atoms with E-state index in [9.17, 15) is 19.2 Å². The van der Waals surface area contributed by atoms with Gasteiger partial charge in [-0.3, -0.25) is 14.4 Å². The summed E-state index contributed by atoms with van der Waals surface area (Å²) in [6.07, 6.45) is 28.9. The first-order valence-corrected chi connectivity index (χ1v) is 19.1. The number of amides is 3. The molecule has 0 saturated carbocycles. The molecule has 0 saturated heterocycles. The largest absolute Gasteiger partial charge is 0.462 e. The Morgan fingerprint density at radius 1 is 0.681 bits per heavy atom. The zero-order chi connectivity index (χ0) is 34.4. The molecule has 2 rings (SSSR count). The van der Waals surface area contributed by atoms with Crippen molar-refractivity contribution in [3.63, 3.8) is 0 Å². The minimum Gasteiger partial charge on any atom is -0.462 e. The third-order valence-corrected chi connectivity index (χ3v) is 9.89. The van der Waals surface area contributed by atoms with E-state index in [1.165, 1.54) is 147 Å². The summed E-state index contributed by atoms with van der Waals surface area (Å²) < 4.78 is 5.42. The lowest BCUT2D eigenvalue weighted by molar-refractivity contribution is -0.122. The molecule has 0 spiro atoms. The molecular formula is C41H65NO5. The Morgan fingerprint density at radius 2 is 1.15 bits per heavy atom. The maximum absolute atomic E-state index is 12.6. The standard InChI is InChI=1S/C41H65NO5/c1-6-8-10-12-18-21-25-33(5)34(26-22-11-9-7-2)27-23-19-16-14-13-15-17-20-24-30-47-41(46)35-28-29-36-37(31-35)40(45)42(39(36)44)38(43)32(3)4/h28-29,31,33-34H,3,6-27,30H2,1-2,4-5H3/t33?,34-/m1/s1. The summed E-state index contributed by atoms with van der Waals surface area (Å²) in [6.45, 7) is 12.4. The molecule has 0 fully saturated rings. The summed E-state index contributed by atoms with van der Waals surface area (Å²) in [5.41, 5.74) is 0.440. The van der Waals surface area contributed by atoms with E-state index in [0.29, 0.717) is 11.5 Å². The molecule has 2 atom stereocenters. The molecule has 0 aliphatic carbocycles. The lowest BCUT2D eigenvalue weighted by Crippen LogP contribution is -2.36. The van der Waals surface area contributed by atoms with Crippen molar-refractivity contribution >= 4 is 23.7 Å². The Morgan fingerprint density at radius 3 is 1.70 bits per heavy atom. The molecule has 0 radical (unpaired) electrons. The van der Waals surface area contributed by atoms with Crippen molar-refractivity contribution < 1.29 is 23.9 Å². The first-order chi connectivity index (χ1) is 22.7. The second-order valence-corrected chi connectivity index (χ2v) is 14.0. The quantitative estimate of drug-likeness (QED) is 0.0409.